The number of hydrogen-bond acceptors (Lipinski definition) is 8. The first-order valence-corrected chi connectivity index (χ1v) is 11.5. The topological polar surface area (TPSA) is 109 Å². The van der Waals surface area contributed by atoms with E-state index in [4.69, 9.17) is 11.6 Å². The molecule has 0 spiro atoms. The van der Waals surface area contributed by atoms with Gasteiger partial charge in [0.2, 0.25) is 0 Å². The lowest BCUT2D eigenvalue weighted by molar-refractivity contribution is 0.0215. The quantitative estimate of drug-likeness (QED) is 0.356. The Morgan fingerprint density at radius 1 is 1.20 bits per heavy atom. The highest BCUT2D eigenvalue weighted by molar-refractivity contribution is 7.99. The number of thioether (sulfide) groups is 1. The zero-order valence-electron chi connectivity index (χ0n) is 16.7. The van der Waals surface area contributed by atoms with Crippen molar-refractivity contribution in [3.8, 4) is 0 Å². The normalized spacial score (nSPS) is 21.4. The van der Waals surface area contributed by atoms with Crippen LogP contribution in [0.1, 0.15) is 37.8 Å². The van der Waals surface area contributed by atoms with Crippen LogP contribution in [0.5, 0.6) is 0 Å². The molecule has 1 aliphatic carbocycles. The second-order valence-electron chi connectivity index (χ2n) is 7.42. The molecule has 3 aromatic rings. The SMILES string of the molecule is CCCSc1nc(NCCc2ccc(Cl)cc2)c2nnn([C@@H]3CC[C@@H](O)[C@H]3O)c2n1. The van der Waals surface area contributed by atoms with E-state index in [1.807, 2.05) is 24.3 Å². The smallest absolute Gasteiger partial charge is 0.191 e. The van der Waals surface area contributed by atoms with Crippen molar-refractivity contribution in [3.63, 3.8) is 0 Å². The van der Waals surface area contributed by atoms with Crippen molar-refractivity contribution in [1.29, 1.82) is 0 Å². The molecular formula is C20H25ClN6O2S. The molecule has 3 N–H and O–H groups in total. The number of aliphatic hydroxyl groups excluding tert-OH is 2. The highest BCUT2D eigenvalue weighted by atomic mass is 35.5. The minimum atomic E-state index is -0.877. The summed E-state index contributed by atoms with van der Waals surface area (Å²) in [5.41, 5.74) is 2.32. The molecule has 2 heterocycles. The molecule has 2 aromatic heterocycles. The van der Waals surface area contributed by atoms with Crippen LogP contribution in [0.25, 0.3) is 11.2 Å². The molecule has 0 aliphatic heterocycles. The van der Waals surface area contributed by atoms with Crippen molar-refractivity contribution < 1.29 is 10.2 Å². The van der Waals surface area contributed by atoms with Gasteiger partial charge < -0.3 is 15.5 Å². The summed E-state index contributed by atoms with van der Waals surface area (Å²) in [5.74, 6) is 1.54. The summed E-state index contributed by atoms with van der Waals surface area (Å²) < 4.78 is 1.64. The lowest BCUT2D eigenvalue weighted by Gasteiger charge is -2.16. The molecule has 8 nitrogen and oxygen atoms in total. The minimum absolute atomic E-state index is 0.342. The fourth-order valence-corrected chi connectivity index (χ4v) is 4.42. The number of rotatable bonds is 8. The Morgan fingerprint density at radius 3 is 2.70 bits per heavy atom. The van der Waals surface area contributed by atoms with Crippen LogP contribution in [-0.4, -0.2) is 59.7 Å². The molecule has 0 radical (unpaired) electrons. The minimum Gasteiger partial charge on any atom is -0.390 e. The van der Waals surface area contributed by atoms with Crippen molar-refractivity contribution in [2.75, 3.05) is 17.6 Å². The fourth-order valence-electron chi connectivity index (χ4n) is 3.60. The van der Waals surface area contributed by atoms with Gasteiger partial charge in [0, 0.05) is 17.3 Å². The Hall–Kier alpha value is -1.94. The molecule has 4 rings (SSSR count). The van der Waals surface area contributed by atoms with Gasteiger partial charge in [-0.15, -0.1) is 5.10 Å². The van der Waals surface area contributed by atoms with E-state index in [0.29, 0.717) is 41.5 Å². The standard InChI is InChI=1S/C20H25ClN6O2S/c1-2-11-30-20-23-18(22-10-9-12-3-5-13(21)6-4-12)16-19(24-20)27(26-25-16)14-7-8-15(28)17(14)29/h3-6,14-15,17,28-29H,2,7-11H2,1H3,(H,22,23,24)/t14-,15-,17+/m1/s1. The molecule has 0 saturated heterocycles. The number of hydrogen-bond donors (Lipinski definition) is 3. The zero-order chi connectivity index (χ0) is 21.1. The number of aliphatic hydroxyl groups is 2. The van der Waals surface area contributed by atoms with Gasteiger partial charge in [0.1, 0.15) is 6.10 Å². The molecule has 10 heteroatoms. The van der Waals surface area contributed by atoms with Crippen LogP contribution in [0.2, 0.25) is 5.02 Å². The molecular weight excluding hydrogens is 424 g/mol. The van der Waals surface area contributed by atoms with Crippen LogP contribution in [0.15, 0.2) is 29.4 Å². The summed E-state index contributed by atoms with van der Waals surface area (Å²) in [6.45, 7) is 2.78. The van der Waals surface area contributed by atoms with Gasteiger partial charge in [0.25, 0.3) is 0 Å². The predicted octanol–water partition coefficient (Wildman–Crippen LogP) is 3.09. The first-order valence-electron chi connectivity index (χ1n) is 10.2. The Balaban J connectivity index is 1.59. The van der Waals surface area contributed by atoms with Crippen molar-refractivity contribution >= 4 is 40.3 Å². The van der Waals surface area contributed by atoms with Crippen molar-refractivity contribution in [2.24, 2.45) is 0 Å². The molecule has 3 atom stereocenters. The van der Waals surface area contributed by atoms with Crippen molar-refractivity contribution in [2.45, 2.75) is 56.0 Å². The van der Waals surface area contributed by atoms with Gasteiger partial charge in [-0.1, -0.05) is 47.6 Å². The van der Waals surface area contributed by atoms with E-state index in [-0.39, 0.29) is 6.04 Å². The van der Waals surface area contributed by atoms with Crippen LogP contribution in [-0.2, 0) is 6.42 Å². The summed E-state index contributed by atoms with van der Waals surface area (Å²) in [7, 11) is 0. The van der Waals surface area contributed by atoms with Crippen molar-refractivity contribution in [3.05, 3.63) is 34.9 Å². The maximum absolute atomic E-state index is 10.3. The Kier molecular flexibility index (Phi) is 6.72. The summed E-state index contributed by atoms with van der Waals surface area (Å²) in [4.78, 5) is 9.31. The van der Waals surface area contributed by atoms with E-state index >= 15 is 0 Å². The summed E-state index contributed by atoms with van der Waals surface area (Å²) in [5, 5.41) is 33.6. The lowest BCUT2D eigenvalue weighted by Crippen LogP contribution is -2.28. The predicted molar refractivity (Wildman–Crippen MR) is 118 cm³/mol. The van der Waals surface area contributed by atoms with Gasteiger partial charge in [-0.25, -0.2) is 14.6 Å². The Morgan fingerprint density at radius 2 is 2.00 bits per heavy atom. The monoisotopic (exact) mass is 448 g/mol. The average molecular weight is 449 g/mol. The van der Waals surface area contributed by atoms with Gasteiger partial charge >= 0.3 is 0 Å². The van der Waals surface area contributed by atoms with Gasteiger partial charge in [-0.2, -0.15) is 0 Å². The van der Waals surface area contributed by atoms with Gasteiger partial charge in [-0.05, 0) is 43.4 Å². The molecule has 0 unspecified atom stereocenters. The largest absolute Gasteiger partial charge is 0.390 e. The van der Waals surface area contributed by atoms with Crippen LogP contribution in [0.3, 0.4) is 0 Å². The summed E-state index contributed by atoms with van der Waals surface area (Å²) >= 11 is 7.53. The maximum atomic E-state index is 10.3. The number of anilines is 1. The molecule has 30 heavy (non-hydrogen) atoms. The lowest BCUT2D eigenvalue weighted by atomic mass is 10.1. The van der Waals surface area contributed by atoms with Gasteiger partial charge in [-0.3, -0.25) is 0 Å². The van der Waals surface area contributed by atoms with E-state index in [0.717, 1.165) is 23.6 Å². The molecule has 0 bridgehead atoms. The number of benzene rings is 1. The third kappa shape index (κ3) is 4.54. The number of aromatic nitrogens is 5. The molecule has 160 valence electrons. The summed E-state index contributed by atoms with van der Waals surface area (Å²) in [6, 6.07) is 7.43. The van der Waals surface area contributed by atoms with E-state index in [2.05, 4.69) is 32.5 Å². The van der Waals surface area contributed by atoms with Gasteiger partial charge in [0.05, 0.1) is 12.1 Å². The van der Waals surface area contributed by atoms with Crippen LogP contribution >= 0.6 is 23.4 Å². The Labute approximate surface area is 184 Å². The molecule has 1 aliphatic rings. The first kappa shape index (κ1) is 21.3. The Bertz CT molecular complexity index is 999. The van der Waals surface area contributed by atoms with E-state index in [1.165, 1.54) is 5.56 Å². The van der Waals surface area contributed by atoms with Crippen LogP contribution in [0, 0.1) is 0 Å². The van der Waals surface area contributed by atoms with E-state index in [9.17, 15) is 10.2 Å². The zero-order valence-corrected chi connectivity index (χ0v) is 18.3. The third-order valence-corrected chi connectivity index (χ3v) is 6.52. The fraction of sp³-hybridized carbons (Fsp3) is 0.500. The molecule has 1 fully saturated rings. The van der Waals surface area contributed by atoms with Crippen LogP contribution < -0.4 is 5.32 Å². The second kappa shape index (κ2) is 9.47. The summed E-state index contributed by atoms with van der Waals surface area (Å²) in [6.07, 6.45) is 1.35. The maximum Gasteiger partial charge on any atom is 0.191 e. The molecule has 1 saturated carbocycles. The second-order valence-corrected chi connectivity index (χ2v) is 8.91. The highest BCUT2D eigenvalue weighted by Crippen LogP contribution is 2.33. The van der Waals surface area contributed by atoms with E-state index < -0.39 is 12.2 Å². The van der Waals surface area contributed by atoms with Crippen molar-refractivity contribution in [1.82, 2.24) is 25.0 Å². The number of nitrogens with one attached hydrogen (secondary N) is 1. The number of nitrogens with zero attached hydrogens (tertiary/aromatic N) is 5. The molecule has 1 aromatic carbocycles. The number of fused-ring (bicyclic) bond motifs is 1. The van der Waals surface area contributed by atoms with E-state index in [1.54, 1.807) is 16.4 Å². The highest BCUT2D eigenvalue weighted by Gasteiger charge is 2.36. The number of halogens is 1. The first-order chi connectivity index (χ1) is 14.6. The average Bonchev–Trinajstić information content (AvgIpc) is 3.31. The van der Waals surface area contributed by atoms with Crippen LogP contribution in [0.4, 0.5) is 5.82 Å². The van der Waals surface area contributed by atoms with Gasteiger partial charge in [0.15, 0.2) is 22.1 Å². The molecule has 0 amide bonds. The third-order valence-electron chi connectivity index (χ3n) is 5.22.